The SMILES string of the molecule is CN(SN(C)C(=O)OC(C)(C)C)C(=O)F. The topological polar surface area (TPSA) is 49.9 Å². The second-order valence-corrected chi connectivity index (χ2v) is 5.07. The molecule has 0 saturated heterocycles. The Kier molecular flexibility index (Phi) is 4.86. The van der Waals surface area contributed by atoms with E-state index in [1.807, 2.05) is 0 Å². The van der Waals surface area contributed by atoms with Gasteiger partial charge in [-0.3, -0.25) is 0 Å². The van der Waals surface area contributed by atoms with Gasteiger partial charge in [0.05, 0.1) is 12.1 Å². The van der Waals surface area contributed by atoms with Gasteiger partial charge in [0.1, 0.15) is 5.60 Å². The Labute approximate surface area is 92.8 Å². The molecule has 0 rings (SSSR count). The molecule has 88 valence electrons. The fourth-order valence-electron chi connectivity index (χ4n) is 0.575. The first kappa shape index (κ1) is 14.0. The van der Waals surface area contributed by atoms with Crippen LogP contribution in [0.3, 0.4) is 0 Å². The van der Waals surface area contributed by atoms with Crippen molar-refractivity contribution in [1.82, 2.24) is 8.61 Å². The number of carbonyl (C=O) groups is 2. The fraction of sp³-hybridized carbons (Fsp3) is 0.750. The molecule has 0 atom stereocenters. The minimum Gasteiger partial charge on any atom is -0.443 e. The third kappa shape index (κ3) is 6.16. The summed E-state index contributed by atoms with van der Waals surface area (Å²) < 4.78 is 18.8. The molecule has 0 aromatic rings. The molecule has 0 saturated carbocycles. The highest BCUT2D eigenvalue weighted by atomic mass is 32.2. The van der Waals surface area contributed by atoms with Gasteiger partial charge in [-0.1, -0.05) is 0 Å². The Balaban J connectivity index is 4.17. The van der Waals surface area contributed by atoms with Crippen LogP contribution in [-0.2, 0) is 4.74 Å². The summed E-state index contributed by atoms with van der Waals surface area (Å²) in [6.07, 6.45) is -2.27. The van der Waals surface area contributed by atoms with E-state index in [0.29, 0.717) is 16.4 Å². The largest absolute Gasteiger partial charge is 0.443 e. The van der Waals surface area contributed by atoms with Crippen LogP contribution in [-0.4, -0.2) is 40.6 Å². The normalized spacial score (nSPS) is 10.8. The first-order chi connectivity index (χ1) is 6.63. The maximum Gasteiger partial charge on any atom is 0.421 e. The van der Waals surface area contributed by atoms with Crippen molar-refractivity contribution in [3.8, 4) is 0 Å². The Morgan fingerprint density at radius 3 is 2.00 bits per heavy atom. The van der Waals surface area contributed by atoms with Gasteiger partial charge < -0.3 is 4.74 Å². The molecule has 7 heteroatoms. The number of ether oxygens (including phenoxy) is 1. The predicted octanol–water partition coefficient (Wildman–Crippen LogP) is 2.44. The number of amides is 2. The lowest BCUT2D eigenvalue weighted by Crippen LogP contribution is -2.33. The van der Waals surface area contributed by atoms with E-state index in [-0.39, 0.29) is 0 Å². The minimum atomic E-state index is -1.63. The van der Waals surface area contributed by atoms with Gasteiger partial charge in [0.2, 0.25) is 0 Å². The van der Waals surface area contributed by atoms with Gasteiger partial charge in [-0.2, -0.15) is 0 Å². The van der Waals surface area contributed by atoms with E-state index in [9.17, 15) is 14.0 Å². The molecular formula is C8H15FN2O3S. The summed E-state index contributed by atoms with van der Waals surface area (Å²) in [6.45, 7) is 5.15. The first-order valence-electron chi connectivity index (χ1n) is 4.21. The predicted molar refractivity (Wildman–Crippen MR) is 55.9 cm³/mol. The van der Waals surface area contributed by atoms with Crippen LogP contribution in [0.15, 0.2) is 0 Å². The van der Waals surface area contributed by atoms with Gasteiger partial charge in [0.15, 0.2) is 0 Å². The van der Waals surface area contributed by atoms with Gasteiger partial charge in [-0.25, -0.2) is 18.2 Å². The van der Waals surface area contributed by atoms with E-state index in [1.54, 1.807) is 20.8 Å². The highest BCUT2D eigenvalue weighted by molar-refractivity contribution is 7.95. The lowest BCUT2D eigenvalue weighted by Gasteiger charge is -2.25. The number of hydrogen-bond donors (Lipinski definition) is 0. The summed E-state index contributed by atoms with van der Waals surface area (Å²) >= 11 is 0.624. The summed E-state index contributed by atoms with van der Waals surface area (Å²) in [5, 5.41) is 0. The summed E-state index contributed by atoms with van der Waals surface area (Å²) in [5.41, 5.74) is -0.621. The van der Waals surface area contributed by atoms with Crippen LogP contribution in [0.2, 0.25) is 0 Å². The van der Waals surface area contributed by atoms with Crippen LogP contribution in [0.5, 0.6) is 0 Å². The molecule has 0 bridgehead atoms. The molecule has 0 N–H and O–H groups in total. The average Bonchev–Trinajstić information content (AvgIpc) is 2.00. The van der Waals surface area contributed by atoms with Crippen molar-refractivity contribution in [2.75, 3.05) is 14.1 Å². The Morgan fingerprint density at radius 1 is 1.20 bits per heavy atom. The molecule has 2 amide bonds. The summed E-state index contributed by atoms with van der Waals surface area (Å²) in [7, 11) is 2.60. The van der Waals surface area contributed by atoms with E-state index >= 15 is 0 Å². The number of halogens is 1. The summed E-state index contributed by atoms with van der Waals surface area (Å²) in [4.78, 5) is 21.6. The Morgan fingerprint density at radius 2 is 1.67 bits per heavy atom. The summed E-state index contributed by atoms with van der Waals surface area (Å²) in [5.74, 6) is 0. The zero-order chi connectivity index (χ0) is 12.2. The molecule has 0 unspecified atom stereocenters. The van der Waals surface area contributed by atoms with E-state index in [1.165, 1.54) is 14.1 Å². The fourth-order valence-corrected chi connectivity index (χ4v) is 1.11. The van der Waals surface area contributed by atoms with Crippen molar-refractivity contribution in [3.63, 3.8) is 0 Å². The van der Waals surface area contributed by atoms with Crippen LogP contribution < -0.4 is 0 Å². The molecule has 0 aliphatic rings. The molecule has 0 aliphatic heterocycles. The Hall–Kier alpha value is -0.980. The smallest absolute Gasteiger partial charge is 0.421 e. The monoisotopic (exact) mass is 238 g/mol. The highest BCUT2D eigenvalue weighted by Crippen LogP contribution is 2.17. The quantitative estimate of drug-likeness (QED) is 0.421. The zero-order valence-electron chi connectivity index (χ0n) is 9.41. The lowest BCUT2D eigenvalue weighted by atomic mass is 10.2. The molecule has 0 spiro atoms. The van der Waals surface area contributed by atoms with E-state index in [2.05, 4.69) is 0 Å². The van der Waals surface area contributed by atoms with Gasteiger partial charge in [0, 0.05) is 14.1 Å². The van der Waals surface area contributed by atoms with Crippen LogP contribution in [0, 0.1) is 0 Å². The van der Waals surface area contributed by atoms with E-state index in [4.69, 9.17) is 4.74 Å². The van der Waals surface area contributed by atoms with Crippen molar-refractivity contribution in [2.24, 2.45) is 0 Å². The molecule has 0 aromatic heterocycles. The number of hydrogen-bond acceptors (Lipinski definition) is 4. The van der Waals surface area contributed by atoms with Crippen molar-refractivity contribution in [2.45, 2.75) is 26.4 Å². The zero-order valence-corrected chi connectivity index (χ0v) is 10.2. The third-order valence-corrected chi connectivity index (χ3v) is 1.93. The van der Waals surface area contributed by atoms with Crippen molar-refractivity contribution < 1.29 is 18.7 Å². The number of carbonyl (C=O) groups excluding carboxylic acids is 2. The van der Waals surface area contributed by atoms with E-state index < -0.39 is 17.9 Å². The lowest BCUT2D eigenvalue weighted by molar-refractivity contribution is 0.0430. The minimum absolute atomic E-state index is 0.621. The molecule has 0 aromatic carbocycles. The summed E-state index contributed by atoms with van der Waals surface area (Å²) in [6, 6.07) is 0. The third-order valence-electron chi connectivity index (χ3n) is 1.14. The Bertz CT molecular complexity index is 255. The van der Waals surface area contributed by atoms with Gasteiger partial charge in [-0.05, 0) is 20.8 Å². The number of rotatable bonds is 2. The second-order valence-electron chi connectivity index (χ2n) is 3.81. The maximum atomic E-state index is 12.1. The molecule has 0 fully saturated rings. The number of nitrogens with zero attached hydrogens (tertiary/aromatic N) is 2. The maximum absolute atomic E-state index is 12.1. The first-order valence-corrected chi connectivity index (χ1v) is 4.94. The highest BCUT2D eigenvalue weighted by Gasteiger charge is 2.22. The van der Waals surface area contributed by atoms with Crippen LogP contribution in [0.1, 0.15) is 20.8 Å². The average molecular weight is 238 g/mol. The molecule has 0 heterocycles. The van der Waals surface area contributed by atoms with Gasteiger partial charge >= 0.3 is 12.3 Å². The standard InChI is InChI=1S/C8H15FN2O3S/c1-8(2,3)14-7(13)11(5)15-10(4)6(9)12/h1-5H3. The van der Waals surface area contributed by atoms with Gasteiger partial charge in [-0.15, -0.1) is 4.39 Å². The van der Waals surface area contributed by atoms with Crippen molar-refractivity contribution in [3.05, 3.63) is 0 Å². The molecule has 0 aliphatic carbocycles. The van der Waals surface area contributed by atoms with Crippen LogP contribution in [0.25, 0.3) is 0 Å². The van der Waals surface area contributed by atoms with Crippen LogP contribution >= 0.6 is 12.1 Å². The molecule has 5 nitrogen and oxygen atoms in total. The molecule has 15 heavy (non-hydrogen) atoms. The molecule has 0 radical (unpaired) electrons. The van der Waals surface area contributed by atoms with Crippen molar-refractivity contribution >= 4 is 24.4 Å². The second kappa shape index (κ2) is 5.20. The molecular weight excluding hydrogens is 223 g/mol. The van der Waals surface area contributed by atoms with Crippen molar-refractivity contribution in [1.29, 1.82) is 0 Å². The van der Waals surface area contributed by atoms with Gasteiger partial charge in [0.25, 0.3) is 0 Å². The van der Waals surface area contributed by atoms with E-state index in [0.717, 1.165) is 4.31 Å². The van der Waals surface area contributed by atoms with Crippen LogP contribution in [0.4, 0.5) is 14.0 Å².